The number of halogens is 3. The Kier molecular flexibility index (Phi) is 6.37. The summed E-state index contributed by atoms with van der Waals surface area (Å²) in [4.78, 5) is 13.2. The first-order valence-electron chi connectivity index (χ1n) is 10.7. The fraction of sp³-hybridized carbons (Fsp3) is 0.185. The molecule has 1 N–H and O–H groups in total. The highest BCUT2D eigenvalue weighted by molar-refractivity contribution is 5.78. The Bertz CT molecular complexity index is 1460. The van der Waals surface area contributed by atoms with Crippen molar-refractivity contribution in [3.63, 3.8) is 0 Å². The summed E-state index contributed by atoms with van der Waals surface area (Å²) in [5, 5.41) is 19.2. The molecule has 0 saturated heterocycles. The van der Waals surface area contributed by atoms with Crippen LogP contribution in [0.15, 0.2) is 71.7 Å². The summed E-state index contributed by atoms with van der Waals surface area (Å²) < 4.78 is 47.6. The number of hydrogen-bond acceptors (Lipinski definition) is 4. The van der Waals surface area contributed by atoms with Crippen LogP contribution in [0.3, 0.4) is 0 Å². The molecule has 3 aromatic rings. The molecule has 0 amide bonds. The van der Waals surface area contributed by atoms with Gasteiger partial charge in [0.25, 0.3) is 5.56 Å². The second kappa shape index (κ2) is 9.28. The molecule has 178 valence electrons. The molecule has 0 bridgehead atoms. The van der Waals surface area contributed by atoms with Crippen molar-refractivity contribution in [2.45, 2.75) is 32.9 Å². The minimum Gasteiger partial charge on any atom is -0.469 e. The molecule has 4 rings (SSSR count). The summed E-state index contributed by atoms with van der Waals surface area (Å²) in [7, 11) is 0. The van der Waals surface area contributed by atoms with E-state index in [1.165, 1.54) is 23.0 Å². The molecule has 0 fully saturated rings. The summed E-state index contributed by atoms with van der Waals surface area (Å²) in [6, 6.07) is 14.5. The molecular weight excluding hydrogens is 457 g/mol. The first kappa shape index (κ1) is 24.0. The van der Waals surface area contributed by atoms with Crippen molar-refractivity contribution in [3.05, 3.63) is 111 Å². The van der Waals surface area contributed by atoms with Gasteiger partial charge in [-0.1, -0.05) is 42.0 Å². The van der Waals surface area contributed by atoms with Crippen molar-refractivity contribution in [1.82, 2.24) is 4.57 Å². The van der Waals surface area contributed by atoms with E-state index in [0.29, 0.717) is 16.7 Å². The number of aryl methyl sites for hydroxylation is 2. The molecule has 2 aromatic carbocycles. The topological polar surface area (TPSA) is 75.2 Å². The van der Waals surface area contributed by atoms with E-state index in [-0.39, 0.29) is 12.2 Å². The normalized spacial score (nSPS) is 15.3. The van der Waals surface area contributed by atoms with Gasteiger partial charge in [-0.05, 0) is 66.0 Å². The molecule has 0 saturated carbocycles. The lowest BCUT2D eigenvalue weighted by molar-refractivity contribution is -0.137. The third-order valence-electron chi connectivity index (χ3n) is 5.82. The van der Waals surface area contributed by atoms with Crippen molar-refractivity contribution in [2.75, 3.05) is 0 Å². The zero-order valence-corrected chi connectivity index (χ0v) is 18.9. The highest BCUT2D eigenvalue weighted by atomic mass is 19.4. The summed E-state index contributed by atoms with van der Waals surface area (Å²) >= 11 is 0. The van der Waals surface area contributed by atoms with Crippen LogP contribution in [0, 0.1) is 25.2 Å². The van der Waals surface area contributed by atoms with Gasteiger partial charge >= 0.3 is 6.18 Å². The van der Waals surface area contributed by atoms with Gasteiger partial charge in [0.2, 0.25) is 6.29 Å². The van der Waals surface area contributed by atoms with Gasteiger partial charge in [-0.3, -0.25) is 4.79 Å². The van der Waals surface area contributed by atoms with Gasteiger partial charge in [0.15, 0.2) is 0 Å². The van der Waals surface area contributed by atoms with Crippen LogP contribution >= 0.6 is 0 Å². The average molecular weight is 478 g/mol. The number of rotatable bonds is 4. The van der Waals surface area contributed by atoms with Crippen LogP contribution in [0.2, 0.25) is 0 Å². The first-order chi connectivity index (χ1) is 16.6. The molecule has 0 spiro atoms. The van der Waals surface area contributed by atoms with Gasteiger partial charge in [-0.25, -0.2) is 0 Å². The number of aromatic nitrogens is 1. The monoisotopic (exact) mass is 478 g/mol. The SMILES string of the molecule is Cc1ccc(Cn2c(-c3cccc(C4=CC(O)OC=C4)c3)cc(C(F)(F)F)c(C#N)c2=O)c(C)c1. The zero-order chi connectivity index (χ0) is 25.3. The van der Waals surface area contributed by atoms with E-state index in [1.54, 1.807) is 30.3 Å². The van der Waals surface area contributed by atoms with Gasteiger partial charge in [0, 0.05) is 0 Å². The van der Waals surface area contributed by atoms with Gasteiger partial charge < -0.3 is 14.4 Å². The largest absolute Gasteiger partial charge is 0.469 e. The quantitative estimate of drug-likeness (QED) is 0.551. The molecule has 1 aromatic heterocycles. The molecule has 0 aliphatic carbocycles. The van der Waals surface area contributed by atoms with Crippen LogP contribution in [-0.2, 0) is 17.5 Å². The number of aliphatic hydroxyl groups is 1. The summed E-state index contributed by atoms with van der Waals surface area (Å²) in [6.07, 6.45) is -1.62. The standard InChI is InChI=1S/C27H21F3N2O3/c1-16-6-7-21(17(2)10-16)15-32-24(13-23(27(28,29)30)22(14-31)26(32)34)20-5-3-4-18(11-20)19-8-9-35-25(33)12-19/h3-13,25,33H,15H2,1-2H3. The van der Waals surface area contributed by atoms with Crippen molar-refractivity contribution in [2.24, 2.45) is 0 Å². The average Bonchev–Trinajstić information content (AvgIpc) is 2.81. The highest BCUT2D eigenvalue weighted by Crippen LogP contribution is 2.34. The van der Waals surface area contributed by atoms with E-state index < -0.39 is 29.2 Å². The number of ether oxygens (including phenoxy) is 1. The second-order valence-corrected chi connectivity index (χ2v) is 8.28. The zero-order valence-electron chi connectivity index (χ0n) is 18.9. The molecule has 35 heavy (non-hydrogen) atoms. The minimum absolute atomic E-state index is 0.00746. The molecule has 5 nitrogen and oxygen atoms in total. The molecule has 1 aliphatic rings. The van der Waals surface area contributed by atoms with E-state index in [2.05, 4.69) is 0 Å². The van der Waals surface area contributed by atoms with Crippen LogP contribution in [0.1, 0.15) is 33.4 Å². The number of alkyl halides is 3. The molecule has 1 unspecified atom stereocenters. The minimum atomic E-state index is -4.88. The highest BCUT2D eigenvalue weighted by Gasteiger charge is 2.36. The van der Waals surface area contributed by atoms with E-state index in [9.17, 15) is 28.3 Å². The third-order valence-corrected chi connectivity index (χ3v) is 5.82. The second-order valence-electron chi connectivity index (χ2n) is 8.28. The molecule has 2 heterocycles. The van der Waals surface area contributed by atoms with Gasteiger partial charge in [-0.15, -0.1) is 0 Å². The first-order valence-corrected chi connectivity index (χ1v) is 10.7. The smallest absolute Gasteiger partial charge is 0.417 e. The fourth-order valence-electron chi connectivity index (χ4n) is 4.06. The number of hydrogen-bond donors (Lipinski definition) is 1. The number of nitriles is 1. The summed E-state index contributed by atoms with van der Waals surface area (Å²) in [6.45, 7) is 3.77. The lowest BCUT2D eigenvalue weighted by Crippen LogP contribution is -2.29. The number of pyridine rings is 1. The van der Waals surface area contributed by atoms with Crippen LogP contribution in [0.5, 0.6) is 0 Å². The van der Waals surface area contributed by atoms with Gasteiger partial charge in [-0.2, -0.15) is 18.4 Å². The Morgan fingerprint density at radius 3 is 2.51 bits per heavy atom. The predicted molar refractivity (Wildman–Crippen MR) is 125 cm³/mol. The lowest BCUT2D eigenvalue weighted by Gasteiger charge is -2.19. The number of benzene rings is 2. The van der Waals surface area contributed by atoms with Crippen LogP contribution < -0.4 is 5.56 Å². The van der Waals surface area contributed by atoms with Gasteiger partial charge in [0.05, 0.1) is 24.1 Å². The predicted octanol–water partition coefficient (Wildman–Crippen LogP) is 5.32. The van der Waals surface area contributed by atoms with Crippen LogP contribution in [-0.4, -0.2) is 16.0 Å². The summed E-state index contributed by atoms with van der Waals surface area (Å²) in [5.74, 6) is 0. The Labute approximate surface area is 199 Å². The van der Waals surface area contributed by atoms with Crippen molar-refractivity contribution >= 4 is 5.57 Å². The molecular formula is C27H21F3N2O3. The number of nitrogens with zero attached hydrogens (tertiary/aromatic N) is 2. The Morgan fingerprint density at radius 2 is 1.86 bits per heavy atom. The molecule has 0 radical (unpaired) electrons. The molecule has 8 heteroatoms. The van der Waals surface area contributed by atoms with Crippen LogP contribution in [0.25, 0.3) is 16.8 Å². The third kappa shape index (κ3) is 4.91. The molecule has 1 atom stereocenters. The maximum Gasteiger partial charge on any atom is 0.417 e. The fourth-order valence-corrected chi connectivity index (χ4v) is 4.06. The number of allylic oxidation sites excluding steroid dienone is 2. The van der Waals surface area contributed by atoms with E-state index in [1.807, 2.05) is 32.0 Å². The van der Waals surface area contributed by atoms with Crippen LogP contribution in [0.4, 0.5) is 13.2 Å². The summed E-state index contributed by atoms with van der Waals surface area (Å²) in [5.41, 5.74) is 1.01. The maximum atomic E-state index is 13.8. The van der Waals surface area contributed by atoms with Crippen molar-refractivity contribution in [1.29, 1.82) is 5.26 Å². The molecule has 1 aliphatic heterocycles. The van der Waals surface area contributed by atoms with Crippen molar-refractivity contribution in [3.8, 4) is 17.3 Å². The van der Waals surface area contributed by atoms with Crippen molar-refractivity contribution < 1.29 is 23.0 Å². The maximum absolute atomic E-state index is 13.8. The van der Waals surface area contributed by atoms with E-state index in [4.69, 9.17) is 4.74 Å². The van der Waals surface area contributed by atoms with Gasteiger partial charge in [0.1, 0.15) is 11.6 Å². The lowest BCUT2D eigenvalue weighted by atomic mass is 9.98. The van der Waals surface area contributed by atoms with E-state index >= 15 is 0 Å². The van der Waals surface area contributed by atoms with E-state index in [0.717, 1.165) is 22.8 Å². The Hall–Kier alpha value is -4.09. The Balaban J connectivity index is 1.96. The Morgan fingerprint density at radius 1 is 1.11 bits per heavy atom. The number of aliphatic hydroxyl groups excluding tert-OH is 1.